The molecular formula is C17H13I. The Kier molecular flexibility index (Phi) is 3.08. The van der Waals surface area contributed by atoms with E-state index in [9.17, 15) is 0 Å². The molecule has 0 saturated carbocycles. The first kappa shape index (κ1) is 11.7. The average Bonchev–Trinajstić information content (AvgIpc) is 2.41. The molecular weight excluding hydrogens is 331 g/mol. The predicted octanol–water partition coefficient (Wildman–Crippen LogP) is 5.42. The summed E-state index contributed by atoms with van der Waals surface area (Å²) in [6.07, 6.45) is 0. The molecule has 0 aliphatic rings. The Balaban J connectivity index is 2.28. The molecule has 0 bridgehead atoms. The second kappa shape index (κ2) is 4.73. The van der Waals surface area contributed by atoms with Gasteiger partial charge in [-0.05, 0) is 63.0 Å². The molecule has 1 heteroatoms. The first-order chi connectivity index (χ1) is 8.75. The van der Waals surface area contributed by atoms with Gasteiger partial charge in [0.25, 0.3) is 0 Å². The van der Waals surface area contributed by atoms with E-state index in [4.69, 9.17) is 0 Å². The van der Waals surface area contributed by atoms with E-state index in [-0.39, 0.29) is 0 Å². The average molecular weight is 344 g/mol. The Labute approximate surface area is 121 Å². The van der Waals surface area contributed by atoms with Crippen molar-refractivity contribution in [3.05, 3.63) is 69.8 Å². The van der Waals surface area contributed by atoms with Crippen molar-refractivity contribution in [2.75, 3.05) is 0 Å². The normalized spacial score (nSPS) is 10.8. The lowest BCUT2D eigenvalue weighted by Crippen LogP contribution is -1.84. The van der Waals surface area contributed by atoms with E-state index in [0.29, 0.717) is 0 Å². The monoisotopic (exact) mass is 344 g/mol. The fraction of sp³-hybridized carbons (Fsp3) is 0.0588. The third kappa shape index (κ3) is 2.03. The van der Waals surface area contributed by atoms with Crippen LogP contribution in [0.4, 0.5) is 0 Å². The molecule has 3 aromatic carbocycles. The van der Waals surface area contributed by atoms with Gasteiger partial charge in [0.15, 0.2) is 0 Å². The fourth-order valence-electron chi connectivity index (χ4n) is 2.24. The van der Waals surface area contributed by atoms with Crippen LogP contribution in [0.5, 0.6) is 0 Å². The fourth-order valence-corrected chi connectivity index (χ4v) is 2.75. The number of rotatable bonds is 1. The maximum Gasteiger partial charge on any atom is 0.0165 e. The van der Waals surface area contributed by atoms with Gasteiger partial charge in [0.05, 0.1) is 0 Å². The highest BCUT2D eigenvalue weighted by molar-refractivity contribution is 14.1. The molecule has 0 atom stereocenters. The van der Waals surface area contributed by atoms with E-state index < -0.39 is 0 Å². The molecule has 0 fully saturated rings. The molecule has 0 unspecified atom stereocenters. The topological polar surface area (TPSA) is 0 Å². The van der Waals surface area contributed by atoms with Crippen LogP contribution in [-0.2, 0) is 0 Å². The lowest BCUT2D eigenvalue weighted by Gasteiger charge is -2.08. The first-order valence-corrected chi connectivity index (χ1v) is 7.08. The highest BCUT2D eigenvalue weighted by Gasteiger charge is 2.04. The first-order valence-electron chi connectivity index (χ1n) is 6.00. The number of fused-ring (bicyclic) bond motifs is 1. The summed E-state index contributed by atoms with van der Waals surface area (Å²) in [6, 6.07) is 21.7. The summed E-state index contributed by atoms with van der Waals surface area (Å²) in [6.45, 7) is 2.15. The summed E-state index contributed by atoms with van der Waals surface area (Å²) in [5.41, 5.74) is 3.94. The van der Waals surface area contributed by atoms with E-state index >= 15 is 0 Å². The van der Waals surface area contributed by atoms with Crippen molar-refractivity contribution < 1.29 is 0 Å². The second-order valence-corrected chi connectivity index (χ2v) is 5.65. The number of aryl methyl sites for hydroxylation is 1. The Hall–Kier alpha value is -1.35. The zero-order valence-corrected chi connectivity index (χ0v) is 12.3. The molecule has 0 N–H and O–H groups in total. The highest BCUT2D eigenvalue weighted by atomic mass is 127. The van der Waals surface area contributed by atoms with Crippen LogP contribution in [0.25, 0.3) is 21.9 Å². The Morgan fingerprint density at radius 2 is 1.61 bits per heavy atom. The minimum Gasteiger partial charge on any atom is -0.0616 e. The molecule has 0 saturated heterocycles. The predicted molar refractivity (Wildman–Crippen MR) is 86.8 cm³/mol. The van der Waals surface area contributed by atoms with Gasteiger partial charge in [0, 0.05) is 3.57 Å². The van der Waals surface area contributed by atoms with Gasteiger partial charge in [0.2, 0.25) is 0 Å². The van der Waals surface area contributed by atoms with Crippen LogP contribution in [-0.4, -0.2) is 0 Å². The van der Waals surface area contributed by atoms with Gasteiger partial charge in [-0.15, -0.1) is 0 Å². The van der Waals surface area contributed by atoms with E-state index in [2.05, 4.69) is 90.2 Å². The molecule has 0 aliphatic heterocycles. The quantitative estimate of drug-likeness (QED) is 0.517. The van der Waals surface area contributed by atoms with Crippen LogP contribution in [0.2, 0.25) is 0 Å². The van der Waals surface area contributed by atoms with Crippen LogP contribution < -0.4 is 0 Å². The second-order valence-electron chi connectivity index (χ2n) is 4.49. The van der Waals surface area contributed by atoms with Crippen molar-refractivity contribution in [1.82, 2.24) is 0 Å². The Bertz CT molecular complexity index is 708. The lowest BCUT2D eigenvalue weighted by atomic mass is 9.98. The van der Waals surface area contributed by atoms with Crippen LogP contribution in [0.3, 0.4) is 0 Å². The van der Waals surface area contributed by atoms with Crippen LogP contribution >= 0.6 is 22.6 Å². The third-order valence-electron chi connectivity index (χ3n) is 3.27. The van der Waals surface area contributed by atoms with Crippen molar-refractivity contribution in [2.24, 2.45) is 0 Å². The number of halogens is 1. The van der Waals surface area contributed by atoms with Crippen LogP contribution in [0.15, 0.2) is 60.7 Å². The van der Waals surface area contributed by atoms with Gasteiger partial charge in [0.1, 0.15) is 0 Å². The van der Waals surface area contributed by atoms with Crippen molar-refractivity contribution in [3.63, 3.8) is 0 Å². The van der Waals surface area contributed by atoms with Gasteiger partial charge in [-0.2, -0.15) is 0 Å². The summed E-state index contributed by atoms with van der Waals surface area (Å²) >= 11 is 2.40. The van der Waals surface area contributed by atoms with Crippen LogP contribution in [0, 0.1) is 10.5 Å². The molecule has 3 aromatic rings. The van der Waals surface area contributed by atoms with Crippen molar-refractivity contribution in [1.29, 1.82) is 0 Å². The molecule has 0 spiro atoms. The molecule has 0 radical (unpaired) electrons. The third-order valence-corrected chi connectivity index (χ3v) is 4.43. The van der Waals surface area contributed by atoms with Gasteiger partial charge < -0.3 is 0 Å². The Morgan fingerprint density at radius 1 is 0.833 bits per heavy atom. The molecule has 0 heterocycles. The largest absolute Gasteiger partial charge is 0.0616 e. The number of hydrogen-bond acceptors (Lipinski definition) is 0. The highest BCUT2D eigenvalue weighted by Crippen LogP contribution is 2.30. The van der Waals surface area contributed by atoms with Gasteiger partial charge in [-0.25, -0.2) is 0 Å². The zero-order valence-electron chi connectivity index (χ0n) is 10.2. The molecule has 88 valence electrons. The zero-order chi connectivity index (χ0) is 12.5. The molecule has 18 heavy (non-hydrogen) atoms. The van der Waals surface area contributed by atoms with Crippen molar-refractivity contribution in [2.45, 2.75) is 6.92 Å². The van der Waals surface area contributed by atoms with Crippen LogP contribution in [0.1, 0.15) is 5.56 Å². The van der Waals surface area contributed by atoms with Gasteiger partial charge in [-0.3, -0.25) is 0 Å². The molecule has 0 amide bonds. The molecule has 3 rings (SSSR count). The maximum absolute atomic E-state index is 2.40. The molecule has 0 aliphatic carbocycles. The summed E-state index contributed by atoms with van der Waals surface area (Å²) in [5.74, 6) is 0. The minimum atomic E-state index is 1.29. The van der Waals surface area contributed by atoms with E-state index in [1.807, 2.05) is 0 Å². The number of hydrogen-bond donors (Lipinski definition) is 0. The minimum absolute atomic E-state index is 1.29. The van der Waals surface area contributed by atoms with E-state index in [1.165, 1.54) is 31.0 Å². The van der Waals surface area contributed by atoms with Gasteiger partial charge in [-0.1, -0.05) is 54.6 Å². The van der Waals surface area contributed by atoms with Crippen molar-refractivity contribution >= 4 is 33.4 Å². The summed E-state index contributed by atoms with van der Waals surface area (Å²) < 4.78 is 1.32. The smallest absolute Gasteiger partial charge is 0.0165 e. The van der Waals surface area contributed by atoms with Gasteiger partial charge >= 0.3 is 0 Å². The maximum atomic E-state index is 2.40. The molecule has 0 nitrogen and oxygen atoms in total. The SMILES string of the molecule is Cc1ccc(-c2cccc3ccccc23)cc1I. The van der Waals surface area contributed by atoms with E-state index in [1.54, 1.807) is 0 Å². The lowest BCUT2D eigenvalue weighted by molar-refractivity contribution is 1.43. The summed E-state index contributed by atoms with van der Waals surface area (Å²) in [4.78, 5) is 0. The summed E-state index contributed by atoms with van der Waals surface area (Å²) in [5, 5.41) is 2.62. The standard InChI is InChI=1S/C17H13I/c1-12-9-10-14(11-17(12)18)16-8-4-6-13-5-2-3-7-15(13)16/h2-11H,1H3. The van der Waals surface area contributed by atoms with Crippen molar-refractivity contribution in [3.8, 4) is 11.1 Å². The Morgan fingerprint density at radius 3 is 2.44 bits per heavy atom. The summed E-state index contributed by atoms with van der Waals surface area (Å²) in [7, 11) is 0. The molecule has 0 aromatic heterocycles. The number of benzene rings is 3. The van der Waals surface area contributed by atoms with E-state index in [0.717, 1.165) is 0 Å².